The second-order valence-corrected chi connectivity index (χ2v) is 5.47. The van der Waals surface area contributed by atoms with Crippen molar-refractivity contribution in [2.75, 3.05) is 18.9 Å². The number of nitrogen functional groups attached to an aromatic ring is 1. The Morgan fingerprint density at radius 3 is 2.81 bits per heavy atom. The first-order valence-corrected chi connectivity index (χ1v) is 7.21. The second kappa shape index (κ2) is 5.39. The monoisotopic (exact) mass is 283 g/mol. The van der Waals surface area contributed by atoms with E-state index < -0.39 is 0 Å². The molecule has 0 atom stereocenters. The summed E-state index contributed by atoms with van der Waals surface area (Å²) < 4.78 is 2.20. The van der Waals surface area contributed by atoms with Crippen LogP contribution in [0.4, 0.5) is 5.69 Å². The number of anilines is 1. The van der Waals surface area contributed by atoms with E-state index in [1.165, 1.54) is 22.0 Å². The maximum absolute atomic E-state index is 8.94. The fourth-order valence-electron chi connectivity index (χ4n) is 3.08. The maximum Gasteiger partial charge on any atom is 0.0556 e. The number of aliphatic hydroxyl groups excluding tert-OH is 1. The van der Waals surface area contributed by atoms with Gasteiger partial charge in [0.2, 0.25) is 0 Å². The number of para-hydroxylation sites is 1. The highest BCUT2D eigenvalue weighted by Gasteiger charge is 2.15. The van der Waals surface area contributed by atoms with Gasteiger partial charge in [-0.15, -0.1) is 0 Å². The molecule has 0 aliphatic heterocycles. The first-order valence-electron chi connectivity index (χ1n) is 7.21. The summed E-state index contributed by atoms with van der Waals surface area (Å²) in [6, 6.07) is 10.5. The average molecular weight is 283 g/mol. The summed E-state index contributed by atoms with van der Waals surface area (Å²) in [4.78, 5) is 0. The Hall–Kier alpha value is -2.04. The molecule has 0 spiro atoms. The van der Waals surface area contributed by atoms with Gasteiger partial charge >= 0.3 is 0 Å². The van der Waals surface area contributed by atoms with Crippen LogP contribution < -0.4 is 11.1 Å². The molecule has 110 valence electrons. The minimum absolute atomic E-state index is 0.145. The van der Waals surface area contributed by atoms with Gasteiger partial charge in [0, 0.05) is 42.1 Å². The normalized spacial score (nSPS) is 11.6. The van der Waals surface area contributed by atoms with E-state index in [-0.39, 0.29) is 6.61 Å². The molecule has 0 radical (unpaired) electrons. The lowest BCUT2D eigenvalue weighted by molar-refractivity contribution is 0.292. The van der Waals surface area contributed by atoms with Crippen molar-refractivity contribution in [3.8, 4) is 0 Å². The van der Waals surface area contributed by atoms with E-state index in [1.807, 2.05) is 19.1 Å². The van der Waals surface area contributed by atoms with Gasteiger partial charge in [0.05, 0.1) is 12.1 Å². The van der Waals surface area contributed by atoms with Gasteiger partial charge in [-0.3, -0.25) is 0 Å². The highest BCUT2D eigenvalue weighted by Crippen LogP contribution is 2.36. The summed E-state index contributed by atoms with van der Waals surface area (Å²) in [6.45, 7) is 3.51. The Morgan fingerprint density at radius 2 is 2.05 bits per heavy atom. The quantitative estimate of drug-likeness (QED) is 0.508. The standard InChI is InChI=1S/C17H21N3O/c1-11-9-12(10-19-7-8-21)17-15(16(11)18)13-5-3-4-6-14(13)20(17)2/h3-6,9,19,21H,7-8,10,18H2,1-2H3. The first kappa shape index (κ1) is 13.9. The molecule has 21 heavy (non-hydrogen) atoms. The zero-order valence-electron chi connectivity index (χ0n) is 12.5. The molecule has 3 rings (SSSR count). The molecule has 2 aromatic carbocycles. The van der Waals surface area contributed by atoms with Gasteiger partial charge in [0.25, 0.3) is 0 Å². The summed E-state index contributed by atoms with van der Waals surface area (Å²) in [6.07, 6.45) is 0. The molecule has 3 aromatic rings. The number of nitrogens with two attached hydrogens (primary N) is 1. The van der Waals surface area contributed by atoms with Crippen molar-refractivity contribution in [1.29, 1.82) is 0 Å². The summed E-state index contributed by atoms with van der Waals surface area (Å²) in [5, 5.41) is 14.5. The molecule has 0 unspecified atom stereocenters. The van der Waals surface area contributed by atoms with Crippen molar-refractivity contribution in [1.82, 2.24) is 9.88 Å². The van der Waals surface area contributed by atoms with Crippen LogP contribution in [0.25, 0.3) is 21.8 Å². The minimum Gasteiger partial charge on any atom is -0.398 e. The summed E-state index contributed by atoms with van der Waals surface area (Å²) in [5.41, 5.74) is 11.9. The average Bonchev–Trinajstić information content (AvgIpc) is 2.79. The largest absolute Gasteiger partial charge is 0.398 e. The first-order chi connectivity index (χ1) is 10.1. The van der Waals surface area contributed by atoms with Crippen LogP contribution in [-0.2, 0) is 13.6 Å². The zero-order chi connectivity index (χ0) is 15.0. The van der Waals surface area contributed by atoms with Crippen LogP contribution >= 0.6 is 0 Å². The van der Waals surface area contributed by atoms with Crippen LogP contribution in [0.5, 0.6) is 0 Å². The van der Waals surface area contributed by atoms with Gasteiger partial charge in [0.1, 0.15) is 0 Å². The highest BCUT2D eigenvalue weighted by molar-refractivity contribution is 6.15. The third-order valence-electron chi connectivity index (χ3n) is 4.10. The number of rotatable bonds is 4. The third kappa shape index (κ3) is 2.17. The number of nitrogens with one attached hydrogen (secondary N) is 1. The van der Waals surface area contributed by atoms with Gasteiger partial charge < -0.3 is 20.7 Å². The van der Waals surface area contributed by atoms with Crippen LogP contribution in [0.3, 0.4) is 0 Å². The third-order valence-corrected chi connectivity index (χ3v) is 4.10. The van der Waals surface area contributed by atoms with Crippen molar-refractivity contribution in [3.63, 3.8) is 0 Å². The molecule has 0 bridgehead atoms. The molecule has 4 nitrogen and oxygen atoms in total. The molecule has 1 aromatic heterocycles. The molecule has 0 aliphatic carbocycles. The fourth-order valence-corrected chi connectivity index (χ4v) is 3.08. The van der Waals surface area contributed by atoms with E-state index in [2.05, 4.69) is 35.1 Å². The van der Waals surface area contributed by atoms with Crippen molar-refractivity contribution in [3.05, 3.63) is 41.5 Å². The number of hydrogen-bond acceptors (Lipinski definition) is 3. The number of benzene rings is 2. The van der Waals surface area contributed by atoms with E-state index in [9.17, 15) is 0 Å². The van der Waals surface area contributed by atoms with E-state index in [1.54, 1.807) is 0 Å². The Balaban J connectivity index is 2.31. The fraction of sp³-hybridized carbons (Fsp3) is 0.294. The maximum atomic E-state index is 8.94. The number of aliphatic hydroxyl groups is 1. The number of hydrogen-bond donors (Lipinski definition) is 3. The van der Waals surface area contributed by atoms with Gasteiger partial charge in [-0.25, -0.2) is 0 Å². The predicted octanol–water partition coefficient (Wildman–Crippen LogP) is 2.30. The smallest absolute Gasteiger partial charge is 0.0556 e. The van der Waals surface area contributed by atoms with E-state index in [4.69, 9.17) is 10.8 Å². The summed E-state index contributed by atoms with van der Waals surface area (Å²) in [5.74, 6) is 0. The molecule has 1 heterocycles. The molecule has 0 saturated heterocycles. The molecule has 0 aliphatic rings. The van der Waals surface area contributed by atoms with Gasteiger partial charge in [-0.1, -0.05) is 24.3 Å². The zero-order valence-corrected chi connectivity index (χ0v) is 12.5. The molecular formula is C17H21N3O. The number of aryl methyl sites for hydroxylation is 2. The topological polar surface area (TPSA) is 63.2 Å². The lowest BCUT2D eigenvalue weighted by Gasteiger charge is -2.11. The summed E-state index contributed by atoms with van der Waals surface area (Å²) >= 11 is 0. The molecule has 4 heteroatoms. The highest BCUT2D eigenvalue weighted by atomic mass is 16.3. The SMILES string of the molecule is Cc1cc(CNCCO)c2c(c1N)c1ccccc1n2C. The van der Waals surface area contributed by atoms with Crippen LogP contribution in [0, 0.1) is 6.92 Å². The molecule has 0 fully saturated rings. The van der Waals surface area contributed by atoms with Crippen molar-refractivity contribution in [2.45, 2.75) is 13.5 Å². The predicted molar refractivity (Wildman–Crippen MR) is 88.4 cm³/mol. The van der Waals surface area contributed by atoms with E-state index in [0.29, 0.717) is 6.54 Å². The van der Waals surface area contributed by atoms with Crippen LogP contribution in [0.2, 0.25) is 0 Å². The van der Waals surface area contributed by atoms with Crippen LogP contribution in [-0.4, -0.2) is 22.8 Å². The number of fused-ring (bicyclic) bond motifs is 3. The molecular weight excluding hydrogens is 262 g/mol. The van der Waals surface area contributed by atoms with Crippen molar-refractivity contribution >= 4 is 27.5 Å². The van der Waals surface area contributed by atoms with E-state index >= 15 is 0 Å². The number of nitrogens with zero attached hydrogens (tertiary/aromatic N) is 1. The summed E-state index contributed by atoms with van der Waals surface area (Å²) in [7, 11) is 2.08. The number of aromatic nitrogens is 1. The van der Waals surface area contributed by atoms with Crippen molar-refractivity contribution in [2.24, 2.45) is 7.05 Å². The second-order valence-electron chi connectivity index (χ2n) is 5.47. The van der Waals surface area contributed by atoms with Gasteiger partial charge in [0.15, 0.2) is 0 Å². The van der Waals surface area contributed by atoms with E-state index in [0.717, 1.165) is 23.2 Å². The molecule has 0 amide bonds. The lowest BCUT2D eigenvalue weighted by atomic mass is 10.0. The Morgan fingerprint density at radius 1 is 1.29 bits per heavy atom. The van der Waals surface area contributed by atoms with Crippen LogP contribution in [0.1, 0.15) is 11.1 Å². The lowest BCUT2D eigenvalue weighted by Crippen LogP contribution is -2.18. The molecule has 4 N–H and O–H groups in total. The Kier molecular flexibility index (Phi) is 3.57. The Bertz CT molecular complexity index is 805. The van der Waals surface area contributed by atoms with Crippen molar-refractivity contribution < 1.29 is 5.11 Å². The Labute approximate surface area is 124 Å². The van der Waals surface area contributed by atoms with Gasteiger partial charge in [-0.2, -0.15) is 0 Å². The minimum atomic E-state index is 0.145. The van der Waals surface area contributed by atoms with Crippen LogP contribution in [0.15, 0.2) is 30.3 Å². The molecule has 0 saturated carbocycles. The van der Waals surface area contributed by atoms with Gasteiger partial charge in [-0.05, 0) is 24.1 Å².